The number of nitro groups is 2. The van der Waals surface area contributed by atoms with Crippen LogP contribution in [0.5, 0.6) is 11.5 Å². The van der Waals surface area contributed by atoms with Crippen molar-refractivity contribution in [2.24, 2.45) is 10.2 Å². The van der Waals surface area contributed by atoms with Crippen LogP contribution in [-0.2, 0) is 25.7 Å². The van der Waals surface area contributed by atoms with Crippen LogP contribution < -0.4 is 9.47 Å². The lowest BCUT2D eigenvalue weighted by molar-refractivity contribution is -0.393. The minimum atomic E-state index is -0.709. The Morgan fingerprint density at radius 1 is 0.735 bits per heavy atom. The van der Waals surface area contributed by atoms with Crippen molar-refractivity contribution in [3.8, 4) is 11.5 Å². The third kappa shape index (κ3) is 4.56. The number of azo groups is 1. The van der Waals surface area contributed by atoms with Gasteiger partial charge in [0.25, 0.3) is 5.69 Å². The van der Waals surface area contributed by atoms with Crippen LogP contribution in [0.2, 0.25) is 0 Å². The first kappa shape index (κ1) is 22.8. The number of methoxy groups -OCH3 is 2. The van der Waals surface area contributed by atoms with Crippen LogP contribution in [0.4, 0.5) is 22.7 Å². The molecule has 4 rings (SSSR count). The van der Waals surface area contributed by atoms with Crippen LogP contribution >= 0.6 is 0 Å². The number of non-ortho nitro benzene ring substituents is 1. The summed E-state index contributed by atoms with van der Waals surface area (Å²) in [5.74, 6) is 1.71. The third-order valence-corrected chi connectivity index (χ3v) is 5.78. The van der Waals surface area contributed by atoms with Gasteiger partial charge in [-0.25, -0.2) is 0 Å². The molecule has 0 saturated heterocycles. The number of benzene rings is 3. The van der Waals surface area contributed by atoms with Gasteiger partial charge in [0.05, 0.1) is 35.8 Å². The number of nitro benzene ring substituents is 2. The standard InChI is InChI=1S/C24H22N4O6/c1-33-23-15-4-3-5-16(23)7-9-18-13-19(12-17(8-6-15)24(18)34-2)25-26-21-11-10-20(27(29)30)14-22(21)28(31)32/h3-5,10-14H,6-9H2,1-2H3. The Bertz CT molecular complexity index is 1260. The van der Waals surface area contributed by atoms with Crippen molar-refractivity contribution < 1.29 is 19.3 Å². The van der Waals surface area contributed by atoms with Crippen LogP contribution in [0, 0.1) is 20.2 Å². The average Bonchev–Trinajstić information content (AvgIpc) is 2.83. The van der Waals surface area contributed by atoms with Crippen LogP contribution in [0.25, 0.3) is 0 Å². The summed E-state index contributed by atoms with van der Waals surface area (Å²) in [7, 11) is 3.32. The zero-order valence-electron chi connectivity index (χ0n) is 18.7. The van der Waals surface area contributed by atoms with Crippen LogP contribution in [0.1, 0.15) is 22.3 Å². The van der Waals surface area contributed by atoms with E-state index in [0.717, 1.165) is 52.7 Å². The molecular formula is C24H22N4O6. The molecule has 4 bridgehead atoms. The van der Waals surface area contributed by atoms with Crippen molar-refractivity contribution >= 4 is 22.7 Å². The molecule has 0 radical (unpaired) electrons. The lowest BCUT2D eigenvalue weighted by Crippen LogP contribution is -2.06. The monoisotopic (exact) mass is 462 g/mol. The molecule has 0 saturated carbocycles. The molecule has 0 heterocycles. The minimum absolute atomic E-state index is 0.0599. The van der Waals surface area contributed by atoms with Gasteiger partial charge >= 0.3 is 5.69 Å². The van der Waals surface area contributed by atoms with E-state index in [-0.39, 0.29) is 11.4 Å². The fraction of sp³-hybridized carbons (Fsp3) is 0.250. The summed E-state index contributed by atoms with van der Waals surface area (Å²) in [6, 6.07) is 13.1. The maximum Gasteiger partial charge on any atom is 0.303 e. The smallest absolute Gasteiger partial charge is 0.303 e. The van der Waals surface area contributed by atoms with E-state index in [0.29, 0.717) is 18.5 Å². The predicted molar refractivity (Wildman–Crippen MR) is 125 cm³/mol. The molecule has 0 aliphatic heterocycles. The van der Waals surface area contributed by atoms with Crippen molar-refractivity contribution in [2.45, 2.75) is 25.7 Å². The van der Waals surface area contributed by atoms with Gasteiger partial charge in [-0.05, 0) is 66.1 Å². The Labute approximate surface area is 195 Å². The summed E-state index contributed by atoms with van der Waals surface area (Å²) in [6.45, 7) is 0. The van der Waals surface area contributed by atoms with E-state index in [2.05, 4.69) is 22.4 Å². The molecule has 0 amide bonds. The number of aryl methyl sites for hydroxylation is 4. The van der Waals surface area contributed by atoms with Gasteiger partial charge in [0, 0.05) is 6.07 Å². The summed E-state index contributed by atoms with van der Waals surface area (Å²) >= 11 is 0. The molecule has 1 aliphatic rings. The molecule has 0 aromatic heterocycles. The summed E-state index contributed by atoms with van der Waals surface area (Å²) in [5.41, 5.74) is 3.71. The third-order valence-electron chi connectivity index (χ3n) is 5.78. The fourth-order valence-corrected chi connectivity index (χ4v) is 4.23. The first-order valence-electron chi connectivity index (χ1n) is 10.6. The summed E-state index contributed by atoms with van der Waals surface area (Å²) < 4.78 is 11.4. The molecule has 0 spiro atoms. The number of fused-ring (bicyclic) bond motifs is 4. The van der Waals surface area contributed by atoms with Gasteiger partial charge in [-0.2, -0.15) is 5.11 Å². The molecule has 3 aromatic carbocycles. The Morgan fingerprint density at radius 3 is 1.82 bits per heavy atom. The number of para-hydroxylation sites is 1. The zero-order chi connectivity index (χ0) is 24.2. The van der Waals surface area contributed by atoms with Crippen molar-refractivity contribution in [2.75, 3.05) is 14.2 Å². The maximum absolute atomic E-state index is 11.4. The Kier molecular flexibility index (Phi) is 6.48. The highest BCUT2D eigenvalue weighted by molar-refractivity contribution is 5.62. The van der Waals surface area contributed by atoms with Gasteiger partial charge in [-0.15, -0.1) is 5.11 Å². The molecule has 3 aromatic rings. The number of rotatable bonds is 6. The normalized spacial score (nSPS) is 12.9. The topological polar surface area (TPSA) is 129 Å². The van der Waals surface area contributed by atoms with E-state index >= 15 is 0 Å². The SMILES string of the molecule is COc1c2cccc1CCc1cc(N=Nc3ccc([N+](=O)[O-])cc3[N+](=O)[O-])cc(c1OC)CC2. The van der Waals surface area contributed by atoms with Crippen LogP contribution in [0.15, 0.2) is 58.8 Å². The lowest BCUT2D eigenvalue weighted by Gasteiger charge is -2.19. The minimum Gasteiger partial charge on any atom is -0.496 e. The number of hydrogen-bond acceptors (Lipinski definition) is 8. The second-order valence-corrected chi connectivity index (χ2v) is 7.79. The average molecular weight is 462 g/mol. The van der Waals surface area contributed by atoms with Gasteiger partial charge < -0.3 is 9.47 Å². The molecule has 10 heteroatoms. The van der Waals surface area contributed by atoms with E-state index in [9.17, 15) is 20.2 Å². The van der Waals surface area contributed by atoms with Gasteiger partial charge in [-0.3, -0.25) is 20.2 Å². The Morgan fingerprint density at radius 2 is 1.29 bits per heavy atom. The van der Waals surface area contributed by atoms with Gasteiger partial charge in [-0.1, -0.05) is 18.2 Å². The Balaban J connectivity index is 1.72. The van der Waals surface area contributed by atoms with Crippen LogP contribution in [0.3, 0.4) is 0 Å². The molecule has 0 unspecified atom stereocenters. The van der Waals surface area contributed by atoms with Crippen molar-refractivity contribution in [3.63, 3.8) is 0 Å². The zero-order valence-corrected chi connectivity index (χ0v) is 18.7. The fourth-order valence-electron chi connectivity index (χ4n) is 4.23. The first-order valence-corrected chi connectivity index (χ1v) is 10.6. The Hall–Kier alpha value is -4.34. The van der Waals surface area contributed by atoms with E-state index in [4.69, 9.17) is 9.47 Å². The summed E-state index contributed by atoms with van der Waals surface area (Å²) in [5, 5.41) is 30.6. The largest absolute Gasteiger partial charge is 0.496 e. The molecule has 0 N–H and O–H groups in total. The van der Waals surface area contributed by atoms with E-state index < -0.39 is 15.5 Å². The molecule has 0 fully saturated rings. The summed E-state index contributed by atoms with van der Waals surface area (Å²) in [4.78, 5) is 21.0. The quantitative estimate of drug-likeness (QED) is 0.258. The van der Waals surface area contributed by atoms with Gasteiger partial charge in [0.2, 0.25) is 0 Å². The van der Waals surface area contributed by atoms with Gasteiger partial charge in [0.1, 0.15) is 11.5 Å². The highest BCUT2D eigenvalue weighted by Crippen LogP contribution is 2.37. The van der Waals surface area contributed by atoms with Crippen molar-refractivity contribution in [1.82, 2.24) is 0 Å². The highest BCUT2D eigenvalue weighted by atomic mass is 16.6. The predicted octanol–water partition coefficient (Wildman–Crippen LogP) is 5.82. The summed E-state index contributed by atoms with van der Waals surface area (Å²) in [6.07, 6.45) is 2.83. The van der Waals surface area contributed by atoms with Gasteiger partial charge in [0.15, 0.2) is 5.69 Å². The molecule has 0 atom stereocenters. The van der Waals surface area contributed by atoms with Crippen molar-refractivity contribution in [1.29, 1.82) is 0 Å². The highest BCUT2D eigenvalue weighted by Gasteiger charge is 2.20. The van der Waals surface area contributed by atoms with E-state index in [1.54, 1.807) is 14.2 Å². The second kappa shape index (κ2) is 9.65. The first-order chi connectivity index (χ1) is 16.4. The molecular weight excluding hydrogens is 440 g/mol. The van der Waals surface area contributed by atoms with E-state index in [1.807, 2.05) is 18.2 Å². The maximum atomic E-state index is 11.4. The molecule has 174 valence electrons. The molecule has 10 nitrogen and oxygen atoms in total. The number of nitrogens with zero attached hydrogens (tertiary/aromatic N) is 4. The number of ether oxygens (including phenoxy) is 2. The molecule has 1 aliphatic carbocycles. The number of hydrogen-bond donors (Lipinski definition) is 0. The van der Waals surface area contributed by atoms with Crippen LogP contribution in [-0.4, -0.2) is 24.1 Å². The lowest BCUT2D eigenvalue weighted by atomic mass is 9.92. The molecule has 34 heavy (non-hydrogen) atoms. The van der Waals surface area contributed by atoms with E-state index in [1.165, 1.54) is 12.1 Å². The second-order valence-electron chi connectivity index (χ2n) is 7.79. The van der Waals surface area contributed by atoms with Crippen molar-refractivity contribution in [3.05, 3.63) is 91.0 Å².